The number of nitrogens with two attached hydrogens (primary N) is 1. The second-order valence-electron chi connectivity index (χ2n) is 4.76. The van der Waals surface area contributed by atoms with Gasteiger partial charge in [0.2, 0.25) is 0 Å². The molecular formula is C12H18N4. The van der Waals surface area contributed by atoms with Crippen molar-refractivity contribution < 1.29 is 0 Å². The zero-order valence-corrected chi connectivity index (χ0v) is 9.96. The van der Waals surface area contributed by atoms with Gasteiger partial charge in [0, 0.05) is 10.9 Å². The number of aromatic nitrogens is 2. The molecule has 0 radical (unpaired) electrons. The van der Waals surface area contributed by atoms with E-state index in [2.05, 4.69) is 36.3 Å². The van der Waals surface area contributed by atoms with Crippen molar-refractivity contribution in [3.63, 3.8) is 0 Å². The predicted molar refractivity (Wildman–Crippen MR) is 68.5 cm³/mol. The quantitative estimate of drug-likeness (QED) is 0.694. The van der Waals surface area contributed by atoms with Crippen molar-refractivity contribution in [2.24, 2.45) is 0 Å². The summed E-state index contributed by atoms with van der Waals surface area (Å²) in [6.07, 6.45) is 2.81. The lowest BCUT2D eigenvalue weighted by Gasteiger charge is -2.26. The van der Waals surface area contributed by atoms with Crippen LogP contribution in [0.2, 0.25) is 0 Å². The van der Waals surface area contributed by atoms with Crippen molar-refractivity contribution in [2.45, 2.75) is 32.7 Å². The Labute approximate surface area is 95.2 Å². The SMILES string of the molecule is CCC(C)(C)Nc1cc2[nH]ncc2cc1N. The summed E-state index contributed by atoms with van der Waals surface area (Å²) in [4.78, 5) is 0. The smallest absolute Gasteiger partial charge is 0.0672 e. The highest BCUT2D eigenvalue weighted by molar-refractivity contribution is 5.88. The predicted octanol–water partition coefficient (Wildman–Crippen LogP) is 2.75. The Hall–Kier alpha value is -1.71. The van der Waals surface area contributed by atoms with Crippen molar-refractivity contribution in [2.75, 3.05) is 11.1 Å². The summed E-state index contributed by atoms with van der Waals surface area (Å²) in [6.45, 7) is 6.46. The molecule has 0 spiro atoms. The van der Waals surface area contributed by atoms with Gasteiger partial charge in [-0.2, -0.15) is 5.10 Å². The minimum Gasteiger partial charge on any atom is -0.397 e. The summed E-state index contributed by atoms with van der Waals surface area (Å²) in [5.74, 6) is 0. The topological polar surface area (TPSA) is 66.7 Å². The van der Waals surface area contributed by atoms with E-state index in [1.165, 1.54) is 0 Å². The first-order valence-corrected chi connectivity index (χ1v) is 5.52. The lowest BCUT2D eigenvalue weighted by molar-refractivity contribution is 0.548. The molecule has 2 rings (SSSR count). The van der Waals surface area contributed by atoms with Crippen molar-refractivity contribution in [1.29, 1.82) is 0 Å². The fraction of sp³-hybridized carbons (Fsp3) is 0.417. The molecule has 1 heterocycles. The average molecular weight is 218 g/mol. The number of hydrogen-bond donors (Lipinski definition) is 3. The molecule has 0 aliphatic carbocycles. The molecule has 4 heteroatoms. The molecule has 2 aromatic rings. The van der Waals surface area contributed by atoms with Gasteiger partial charge in [0.15, 0.2) is 0 Å². The Balaban J connectivity index is 2.40. The van der Waals surface area contributed by atoms with Gasteiger partial charge in [-0.15, -0.1) is 0 Å². The minimum atomic E-state index is 0.0435. The maximum absolute atomic E-state index is 6.00. The fourth-order valence-electron chi connectivity index (χ4n) is 1.57. The lowest BCUT2D eigenvalue weighted by Crippen LogP contribution is -2.30. The molecule has 4 N–H and O–H groups in total. The Kier molecular flexibility index (Phi) is 2.50. The summed E-state index contributed by atoms with van der Waals surface area (Å²) in [7, 11) is 0. The molecular weight excluding hydrogens is 200 g/mol. The fourth-order valence-corrected chi connectivity index (χ4v) is 1.57. The van der Waals surface area contributed by atoms with Crippen LogP contribution in [0.4, 0.5) is 11.4 Å². The summed E-state index contributed by atoms with van der Waals surface area (Å²) in [5.41, 5.74) is 8.77. The van der Waals surface area contributed by atoms with Gasteiger partial charge in [0.05, 0.1) is 23.1 Å². The Bertz CT molecular complexity index is 499. The molecule has 1 aromatic heterocycles. The molecule has 0 amide bonds. The summed E-state index contributed by atoms with van der Waals surface area (Å²) < 4.78 is 0. The highest BCUT2D eigenvalue weighted by Crippen LogP contribution is 2.27. The Morgan fingerprint density at radius 1 is 1.44 bits per heavy atom. The van der Waals surface area contributed by atoms with Crippen LogP contribution in [0.25, 0.3) is 10.9 Å². The van der Waals surface area contributed by atoms with E-state index in [0.717, 1.165) is 28.7 Å². The highest BCUT2D eigenvalue weighted by atomic mass is 15.1. The second kappa shape index (κ2) is 3.70. The maximum Gasteiger partial charge on any atom is 0.0672 e. The van der Waals surface area contributed by atoms with Crippen molar-refractivity contribution >= 4 is 22.3 Å². The summed E-state index contributed by atoms with van der Waals surface area (Å²) in [6, 6.07) is 3.95. The number of fused-ring (bicyclic) bond motifs is 1. The van der Waals surface area contributed by atoms with Crippen molar-refractivity contribution in [3.8, 4) is 0 Å². The zero-order valence-electron chi connectivity index (χ0n) is 9.96. The van der Waals surface area contributed by atoms with Gasteiger partial charge in [-0.3, -0.25) is 5.10 Å². The molecule has 0 aliphatic rings. The first-order chi connectivity index (χ1) is 7.52. The zero-order chi connectivity index (χ0) is 11.8. The third-order valence-electron chi connectivity index (χ3n) is 2.97. The Morgan fingerprint density at radius 3 is 2.88 bits per heavy atom. The standard InChI is InChI=1S/C12H18N4/c1-4-12(2,3)15-11-6-10-8(5-9(11)13)7-14-16-10/h5-7,15H,4,13H2,1-3H3,(H,14,16). The summed E-state index contributed by atoms with van der Waals surface area (Å²) >= 11 is 0. The van der Waals surface area contributed by atoms with Gasteiger partial charge in [-0.1, -0.05) is 6.92 Å². The maximum atomic E-state index is 6.00. The molecule has 1 aromatic carbocycles. The number of hydrogen-bond acceptors (Lipinski definition) is 3. The third kappa shape index (κ3) is 1.96. The first-order valence-electron chi connectivity index (χ1n) is 5.52. The van der Waals surface area contributed by atoms with E-state index in [4.69, 9.17) is 5.73 Å². The van der Waals surface area contributed by atoms with Crippen LogP contribution in [0.15, 0.2) is 18.3 Å². The summed E-state index contributed by atoms with van der Waals surface area (Å²) in [5, 5.41) is 11.4. The van der Waals surface area contributed by atoms with Crippen LogP contribution in [0, 0.1) is 0 Å². The number of aromatic amines is 1. The molecule has 4 nitrogen and oxygen atoms in total. The molecule has 0 saturated heterocycles. The van der Waals surface area contributed by atoms with Crippen LogP contribution in [-0.2, 0) is 0 Å². The number of rotatable bonds is 3. The normalized spacial score (nSPS) is 11.9. The molecule has 16 heavy (non-hydrogen) atoms. The minimum absolute atomic E-state index is 0.0435. The van der Waals surface area contributed by atoms with Gasteiger partial charge >= 0.3 is 0 Å². The van der Waals surface area contributed by atoms with E-state index in [9.17, 15) is 0 Å². The Morgan fingerprint density at radius 2 is 2.19 bits per heavy atom. The third-order valence-corrected chi connectivity index (χ3v) is 2.97. The molecule has 0 aliphatic heterocycles. The largest absolute Gasteiger partial charge is 0.397 e. The highest BCUT2D eigenvalue weighted by Gasteiger charge is 2.16. The van der Waals surface area contributed by atoms with E-state index >= 15 is 0 Å². The van der Waals surface area contributed by atoms with Crippen molar-refractivity contribution in [3.05, 3.63) is 18.3 Å². The number of anilines is 2. The van der Waals surface area contributed by atoms with E-state index in [-0.39, 0.29) is 5.54 Å². The molecule has 0 atom stereocenters. The van der Waals surface area contributed by atoms with Gasteiger partial charge in [-0.05, 0) is 32.4 Å². The van der Waals surface area contributed by atoms with Gasteiger partial charge in [-0.25, -0.2) is 0 Å². The van der Waals surface area contributed by atoms with Crippen molar-refractivity contribution in [1.82, 2.24) is 10.2 Å². The van der Waals surface area contributed by atoms with E-state index in [1.807, 2.05) is 12.1 Å². The lowest BCUT2D eigenvalue weighted by atomic mass is 10.0. The van der Waals surface area contributed by atoms with Crippen LogP contribution in [0.3, 0.4) is 0 Å². The van der Waals surface area contributed by atoms with Gasteiger partial charge in [0.1, 0.15) is 0 Å². The van der Waals surface area contributed by atoms with Gasteiger partial charge < -0.3 is 11.1 Å². The van der Waals surface area contributed by atoms with E-state index < -0.39 is 0 Å². The monoisotopic (exact) mass is 218 g/mol. The van der Waals surface area contributed by atoms with Crippen LogP contribution < -0.4 is 11.1 Å². The van der Waals surface area contributed by atoms with E-state index in [0.29, 0.717) is 0 Å². The van der Waals surface area contributed by atoms with Crippen LogP contribution in [-0.4, -0.2) is 15.7 Å². The molecule has 86 valence electrons. The van der Waals surface area contributed by atoms with Crippen LogP contribution in [0.1, 0.15) is 27.2 Å². The second-order valence-corrected chi connectivity index (χ2v) is 4.76. The molecule has 0 bridgehead atoms. The average Bonchev–Trinajstić information content (AvgIpc) is 2.65. The molecule has 0 fully saturated rings. The number of nitrogen functional groups attached to an aromatic ring is 1. The number of nitrogens with zero attached hydrogens (tertiary/aromatic N) is 1. The van der Waals surface area contributed by atoms with Gasteiger partial charge in [0.25, 0.3) is 0 Å². The van der Waals surface area contributed by atoms with Crippen LogP contribution >= 0.6 is 0 Å². The van der Waals surface area contributed by atoms with Crippen LogP contribution in [0.5, 0.6) is 0 Å². The number of nitrogens with one attached hydrogen (secondary N) is 2. The molecule has 0 saturated carbocycles. The number of benzene rings is 1. The van der Waals surface area contributed by atoms with E-state index in [1.54, 1.807) is 6.20 Å². The number of H-pyrrole nitrogens is 1. The molecule has 0 unspecified atom stereocenters. The first kappa shape index (κ1) is 10.8.